The molecule has 6 heterocycles. The maximum absolute atomic E-state index is 5.42. The first-order valence-corrected chi connectivity index (χ1v) is 39.1. The molecule has 526 valence electrons. The van der Waals surface area contributed by atoms with E-state index in [4.69, 9.17) is 29.9 Å². The summed E-state index contributed by atoms with van der Waals surface area (Å²) in [6.07, 6.45) is 0. The summed E-state index contributed by atoms with van der Waals surface area (Å²) >= 11 is 1.85. The lowest BCUT2D eigenvalue weighted by Gasteiger charge is -2.22. The Morgan fingerprint density at radius 2 is 0.571 bits per heavy atom. The lowest BCUT2D eigenvalue weighted by Crippen LogP contribution is -2.15. The van der Waals surface area contributed by atoms with Crippen molar-refractivity contribution >= 4 is 96.9 Å². The minimum absolute atomic E-state index is 0.193. The van der Waals surface area contributed by atoms with Gasteiger partial charge in [-0.25, -0.2) is 29.9 Å². The molecule has 15 aromatic carbocycles. The Hall–Kier alpha value is -14.1. The van der Waals surface area contributed by atoms with Gasteiger partial charge >= 0.3 is 0 Å². The maximum Gasteiger partial charge on any atom is 0.164 e. The molecular formula is C102H67N9S. The zero-order valence-electron chi connectivity index (χ0n) is 61.7. The van der Waals surface area contributed by atoms with Crippen molar-refractivity contribution < 1.29 is 0 Å². The number of nitrogens with zero attached hydrogens (tertiary/aromatic N) is 9. The van der Waals surface area contributed by atoms with Crippen LogP contribution in [0.2, 0.25) is 0 Å². The van der Waals surface area contributed by atoms with Crippen molar-refractivity contribution in [3.05, 3.63) is 356 Å². The zero-order valence-corrected chi connectivity index (χ0v) is 62.5. The van der Waals surface area contributed by atoms with Crippen LogP contribution < -0.4 is 0 Å². The van der Waals surface area contributed by atoms with Gasteiger partial charge in [0.1, 0.15) is 0 Å². The zero-order chi connectivity index (χ0) is 74.2. The fourth-order valence-electron chi connectivity index (χ4n) is 18.4. The molecule has 0 bridgehead atoms. The van der Waals surface area contributed by atoms with Crippen LogP contribution in [0.1, 0.15) is 49.9 Å². The van der Waals surface area contributed by atoms with Crippen molar-refractivity contribution in [2.75, 3.05) is 0 Å². The molecule has 21 aromatic rings. The van der Waals surface area contributed by atoms with Crippen molar-refractivity contribution in [2.45, 2.75) is 38.5 Å². The SMILES string of the molecule is CC1(C)c2ccc(-c3cccc(-c4nc(-c5ccccc5)nc(-c5ccc(-n6c7cc8c(cc7c7cc9c%10ccccc%10n(-c%10ccccc%10)c9cc76)-c6ccccc6C8(C)C)cc5)n4)c3)cc2-c2cc3c4cc5c(cc4n(-c4ccc(-c6nc(-c7ccccc7)nc(-c7ccccc7)n6)cc4)c3cc21)sc1ccccc15. The predicted octanol–water partition coefficient (Wildman–Crippen LogP) is 26.0. The topological polar surface area (TPSA) is 92.1 Å². The van der Waals surface area contributed by atoms with E-state index in [2.05, 4.69) is 320 Å². The lowest BCUT2D eigenvalue weighted by atomic mass is 9.82. The molecule has 112 heavy (non-hydrogen) atoms. The van der Waals surface area contributed by atoms with Crippen LogP contribution in [-0.4, -0.2) is 43.6 Å². The Morgan fingerprint density at radius 3 is 1.14 bits per heavy atom. The number of aromatic nitrogens is 9. The summed E-state index contributed by atoms with van der Waals surface area (Å²) in [6, 6.07) is 121. The van der Waals surface area contributed by atoms with Gasteiger partial charge in [-0.1, -0.05) is 228 Å². The third-order valence-electron chi connectivity index (χ3n) is 23.9. The van der Waals surface area contributed by atoms with Gasteiger partial charge in [0, 0.05) is 114 Å². The summed E-state index contributed by atoms with van der Waals surface area (Å²) in [5.74, 6) is 3.69. The monoisotopic (exact) mass is 1450 g/mol. The van der Waals surface area contributed by atoms with E-state index in [0.29, 0.717) is 34.9 Å². The minimum Gasteiger partial charge on any atom is -0.309 e. The average molecular weight is 1450 g/mol. The molecule has 0 amide bonds. The van der Waals surface area contributed by atoms with Gasteiger partial charge in [-0.3, -0.25) is 0 Å². The molecule has 0 spiro atoms. The Labute approximate surface area is 649 Å². The molecular weight excluding hydrogens is 1380 g/mol. The summed E-state index contributed by atoms with van der Waals surface area (Å²) in [7, 11) is 0. The van der Waals surface area contributed by atoms with E-state index in [-0.39, 0.29) is 10.8 Å². The summed E-state index contributed by atoms with van der Waals surface area (Å²) in [4.78, 5) is 31.2. The number of thiophene rings is 1. The number of benzene rings is 15. The normalized spacial score (nSPS) is 13.3. The van der Waals surface area contributed by atoms with Crippen LogP contribution >= 0.6 is 11.3 Å². The second kappa shape index (κ2) is 24.2. The first-order valence-electron chi connectivity index (χ1n) is 38.3. The van der Waals surface area contributed by atoms with Crippen LogP contribution in [0.4, 0.5) is 0 Å². The fraction of sp³-hybridized carbons (Fsp3) is 0.0588. The van der Waals surface area contributed by atoms with E-state index in [1.54, 1.807) is 0 Å². The molecule has 6 aromatic heterocycles. The van der Waals surface area contributed by atoms with Gasteiger partial charge in [0.15, 0.2) is 34.9 Å². The molecule has 10 heteroatoms. The van der Waals surface area contributed by atoms with Crippen molar-refractivity contribution in [2.24, 2.45) is 0 Å². The molecule has 0 saturated carbocycles. The van der Waals surface area contributed by atoms with Gasteiger partial charge in [-0.2, -0.15) is 0 Å². The quantitative estimate of drug-likeness (QED) is 0.135. The van der Waals surface area contributed by atoms with Crippen LogP contribution in [0.15, 0.2) is 334 Å². The van der Waals surface area contributed by atoms with Crippen LogP contribution in [0.5, 0.6) is 0 Å². The second-order valence-corrected chi connectivity index (χ2v) is 32.1. The first kappa shape index (κ1) is 64.0. The highest BCUT2D eigenvalue weighted by Gasteiger charge is 2.39. The minimum atomic E-state index is -0.314. The second-order valence-electron chi connectivity index (χ2n) is 31.0. The van der Waals surface area contributed by atoms with Gasteiger partial charge in [-0.15, -0.1) is 11.3 Å². The molecule has 23 rings (SSSR count). The molecule has 0 unspecified atom stereocenters. The van der Waals surface area contributed by atoms with Crippen molar-refractivity contribution in [1.29, 1.82) is 0 Å². The predicted molar refractivity (Wildman–Crippen MR) is 462 cm³/mol. The summed E-state index contributed by atoms with van der Waals surface area (Å²) in [5.41, 5.74) is 27.7. The van der Waals surface area contributed by atoms with Crippen molar-refractivity contribution in [3.63, 3.8) is 0 Å². The van der Waals surface area contributed by atoms with Gasteiger partial charge in [0.2, 0.25) is 0 Å². The van der Waals surface area contributed by atoms with Gasteiger partial charge < -0.3 is 13.7 Å². The number of para-hydroxylation sites is 2. The molecule has 2 aliphatic carbocycles. The highest BCUT2D eigenvalue weighted by atomic mass is 32.1. The van der Waals surface area contributed by atoms with Crippen molar-refractivity contribution in [3.8, 4) is 119 Å². The van der Waals surface area contributed by atoms with Crippen molar-refractivity contribution in [1.82, 2.24) is 43.6 Å². The van der Waals surface area contributed by atoms with Crippen LogP contribution in [0.3, 0.4) is 0 Å². The number of hydrogen-bond donors (Lipinski definition) is 0. The van der Waals surface area contributed by atoms with Gasteiger partial charge in [0.05, 0.1) is 33.1 Å². The molecule has 9 nitrogen and oxygen atoms in total. The lowest BCUT2D eigenvalue weighted by molar-refractivity contribution is 0.661. The highest BCUT2D eigenvalue weighted by Crippen LogP contribution is 2.55. The number of hydrogen-bond acceptors (Lipinski definition) is 7. The standard InChI is InChI=1S/C102H67N9S/c1-101(2)83-37-20-17-34-71(83)75-52-78-80-54-77-72-35-18-21-38-87(72)109(68-32-15-8-16-33-68)90(77)58-91(80)110(88(78)56-85(75)101)69-45-40-64(41-46-69)99-106-97(62-28-13-7-14-29-62)107-100(108-99)67-31-23-30-65(50-67)66-44-49-84-74(51-66)76-53-79-81-55-82-73-36-19-22-39-93(73)112-94(82)59-92(81)111(89(79)57-86(76)102(84,3)4)70-47-42-63(43-48-70)98-104-95(60-24-9-5-10-25-60)103-96(105-98)61-26-11-6-12-27-61/h5-59H,1-4H3. The largest absolute Gasteiger partial charge is 0.309 e. The Morgan fingerprint density at radius 1 is 0.205 bits per heavy atom. The molecule has 0 fully saturated rings. The maximum atomic E-state index is 5.42. The molecule has 0 atom stereocenters. The van der Waals surface area contributed by atoms with E-state index in [0.717, 1.165) is 83.6 Å². The third kappa shape index (κ3) is 9.74. The Bertz CT molecular complexity index is 7460. The van der Waals surface area contributed by atoms with Crippen LogP contribution in [0, 0.1) is 0 Å². The van der Waals surface area contributed by atoms with E-state index >= 15 is 0 Å². The number of fused-ring (bicyclic) bond motifs is 18. The molecule has 2 aliphatic rings. The third-order valence-corrected chi connectivity index (χ3v) is 25.1. The number of rotatable bonds is 10. The summed E-state index contributed by atoms with van der Waals surface area (Å²) in [6.45, 7) is 9.50. The Balaban J connectivity index is 0.632. The van der Waals surface area contributed by atoms with Crippen LogP contribution in [-0.2, 0) is 10.8 Å². The first-order chi connectivity index (χ1) is 55.0. The summed E-state index contributed by atoms with van der Waals surface area (Å²) in [5, 5.41) is 9.84. The Kier molecular flexibility index (Phi) is 13.8. The summed E-state index contributed by atoms with van der Waals surface area (Å²) < 4.78 is 9.90. The van der Waals surface area contributed by atoms with Gasteiger partial charge in [-0.05, 0) is 189 Å². The van der Waals surface area contributed by atoms with Crippen LogP contribution in [0.25, 0.3) is 204 Å². The average Bonchev–Trinajstić information content (AvgIpc) is 1.54. The van der Waals surface area contributed by atoms with Gasteiger partial charge in [0.25, 0.3) is 0 Å². The molecule has 0 radical (unpaired) electrons. The van der Waals surface area contributed by atoms with E-state index in [9.17, 15) is 0 Å². The fourth-order valence-corrected chi connectivity index (χ4v) is 19.5. The van der Waals surface area contributed by atoms with E-state index in [1.165, 1.54) is 108 Å². The van der Waals surface area contributed by atoms with E-state index < -0.39 is 0 Å². The highest BCUT2D eigenvalue weighted by molar-refractivity contribution is 7.25. The molecule has 0 saturated heterocycles. The van der Waals surface area contributed by atoms with E-state index in [1.807, 2.05) is 65.9 Å². The molecule has 0 N–H and O–H groups in total. The smallest absolute Gasteiger partial charge is 0.164 e. The molecule has 0 aliphatic heterocycles.